The number of alkyl halides is 2. The molecule has 0 amide bonds. The van der Waals surface area contributed by atoms with E-state index in [4.69, 9.17) is 5.11 Å². The van der Waals surface area contributed by atoms with Gasteiger partial charge in [0.05, 0.1) is 6.42 Å². The van der Waals surface area contributed by atoms with Crippen molar-refractivity contribution in [2.75, 3.05) is 0 Å². The highest BCUT2D eigenvalue weighted by Gasteiger charge is 2.27. The van der Waals surface area contributed by atoms with Crippen LogP contribution < -0.4 is 0 Å². The number of benzene rings is 1. The molecule has 0 radical (unpaired) electrons. The zero-order valence-corrected chi connectivity index (χ0v) is 10.4. The smallest absolute Gasteiger partial charge is 0.304 e. The number of carbonyl (C=O) groups is 1. The van der Waals surface area contributed by atoms with Gasteiger partial charge in [0.25, 0.3) is 5.76 Å². The predicted octanol–water partition coefficient (Wildman–Crippen LogP) is 3.75. The maximum absolute atomic E-state index is 12.4. The van der Waals surface area contributed by atoms with E-state index in [1.54, 1.807) is 38.1 Å². The largest absolute Gasteiger partial charge is 0.481 e. The second-order valence-electron chi connectivity index (χ2n) is 4.33. The van der Waals surface area contributed by atoms with Gasteiger partial charge < -0.3 is 5.11 Å². The van der Waals surface area contributed by atoms with Crippen molar-refractivity contribution in [3.05, 3.63) is 29.8 Å². The molecule has 0 heterocycles. The van der Waals surface area contributed by atoms with E-state index in [0.29, 0.717) is 22.2 Å². The van der Waals surface area contributed by atoms with Crippen LogP contribution in [-0.2, 0) is 10.2 Å². The van der Waals surface area contributed by atoms with E-state index in [-0.39, 0.29) is 6.42 Å². The van der Waals surface area contributed by atoms with Gasteiger partial charge >= 0.3 is 5.97 Å². The van der Waals surface area contributed by atoms with E-state index in [0.717, 1.165) is 0 Å². The number of hydrogen-bond acceptors (Lipinski definition) is 2. The van der Waals surface area contributed by atoms with Gasteiger partial charge in [-0.2, -0.15) is 8.78 Å². The van der Waals surface area contributed by atoms with Gasteiger partial charge in [-0.25, -0.2) is 0 Å². The molecule has 0 atom stereocenters. The minimum Gasteiger partial charge on any atom is -0.481 e. The van der Waals surface area contributed by atoms with Crippen LogP contribution in [0.5, 0.6) is 0 Å². The molecule has 17 heavy (non-hydrogen) atoms. The fraction of sp³-hybridized carbons (Fsp3) is 0.417. The fourth-order valence-corrected chi connectivity index (χ4v) is 2.52. The van der Waals surface area contributed by atoms with Crippen molar-refractivity contribution >= 4 is 17.7 Å². The van der Waals surface area contributed by atoms with Crippen LogP contribution in [0.3, 0.4) is 0 Å². The van der Waals surface area contributed by atoms with Gasteiger partial charge in [0.1, 0.15) is 0 Å². The molecule has 1 aromatic carbocycles. The van der Waals surface area contributed by atoms with Crippen molar-refractivity contribution in [2.24, 2.45) is 0 Å². The van der Waals surface area contributed by atoms with Crippen LogP contribution in [0.4, 0.5) is 8.78 Å². The molecule has 0 aromatic heterocycles. The Morgan fingerprint density at radius 3 is 2.53 bits per heavy atom. The highest BCUT2D eigenvalue weighted by molar-refractivity contribution is 7.99. The van der Waals surface area contributed by atoms with Crippen molar-refractivity contribution in [2.45, 2.75) is 36.3 Å². The lowest BCUT2D eigenvalue weighted by molar-refractivity contribution is -0.138. The Balaban J connectivity index is 3.07. The normalized spacial score (nSPS) is 11.8. The molecule has 0 saturated carbocycles. The van der Waals surface area contributed by atoms with Gasteiger partial charge in [-0.1, -0.05) is 43.8 Å². The molecule has 1 aromatic rings. The number of thioether (sulfide) groups is 1. The number of hydrogen-bond donors (Lipinski definition) is 1. The van der Waals surface area contributed by atoms with Crippen molar-refractivity contribution in [1.29, 1.82) is 0 Å². The van der Waals surface area contributed by atoms with Crippen LogP contribution in [0.1, 0.15) is 25.8 Å². The summed E-state index contributed by atoms with van der Waals surface area (Å²) in [5, 5.41) is 8.83. The molecule has 1 rings (SSSR count). The van der Waals surface area contributed by atoms with Crippen molar-refractivity contribution in [3.63, 3.8) is 0 Å². The summed E-state index contributed by atoms with van der Waals surface area (Å²) < 4.78 is 24.8. The first-order chi connectivity index (χ1) is 7.83. The molecule has 2 nitrogen and oxygen atoms in total. The van der Waals surface area contributed by atoms with Crippen LogP contribution in [0.25, 0.3) is 0 Å². The van der Waals surface area contributed by atoms with E-state index in [1.165, 1.54) is 0 Å². The van der Waals surface area contributed by atoms with Crippen molar-refractivity contribution < 1.29 is 18.7 Å². The maximum Gasteiger partial charge on any atom is 0.304 e. The average Bonchev–Trinajstić information content (AvgIpc) is 2.15. The molecule has 0 aliphatic carbocycles. The van der Waals surface area contributed by atoms with Gasteiger partial charge in [0.2, 0.25) is 0 Å². The van der Waals surface area contributed by atoms with Crippen LogP contribution in [-0.4, -0.2) is 16.8 Å². The monoisotopic (exact) mass is 260 g/mol. The number of aliphatic carboxylic acids is 1. The number of carboxylic acids is 1. The molecule has 0 saturated heterocycles. The summed E-state index contributed by atoms with van der Waals surface area (Å²) in [5.74, 6) is -3.44. The Morgan fingerprint density at radius 2 is 2.00 bits per heavy atom. The molecule has 0 spiro atoms. The van der Waals surface area contributed by atoms with E-state index in [2.05, 4.69) is 0 Å². The van der Waals surface area contributed by atoms with Gasteiger partial charge in [-0.3, -0.25) is 4.79 Å². The third kappa shape index (κ3) is 4.00. The number of halogens is 2. The first kappa shape index (κ1) is 14.0. The van der Waals surface area contributed by atoms with Crippen LogP contribution in [0.2, 0.25) is 0 Å². The number of rotatable bonds is 5. The standard InChI is InChI=1S/C12H14F2O2S/c1-12(2,7-10(15)16)8-5-3-4-6-9(8)17-11(13)14/h3-6,11H,7H2,1-2H3,(H,15,16). The van der Waals surface area contributed by atoms with Crippen LogP contribution in [0.15, 0.2) is 29.2 Å². The zero-order chi connectivity index (χ0) is 13.1. The Labute approximate surface area is 103 Å². The third-order valence-corrected chi connectivity index (χ3v) is 3.21. The highest BCUT2D eigenvalue weighted by Crippen LogP contribution is 2.37. The van der Waals surface area contributed by atoms with Gasteiger partial charge in [0.15, 0.2) is 0 Å². The van der Waals surface area contributed by atoms with E-state index in [1.807, 2.05) is 0 Å². The van der Waals surface area contributed by atoms with Crippen LogP contribution >= 0.6 is 11.8 Å². The summed E-state index contributed by atoms with van der Waals surface area (Å²) in [5.41, 5.74) is -0.0164. The lowest BCUT2D eigenvalue weighted by atomic mass is 9.81. The minimum atomic E-state index is -2.50. The lowest BCUT2D eigenvalue weighted by Gasteiger charge is -2.25. The second-order valence-corrected chi connectivity index (χ2v) is 5.36. The Bertz CT molecular complexity index is 405. The summed E-state index contributed by atoms with van der Waals surface area (Å²) in [6.45, 7) is 3.48. The van der Waals surface area contributed by atoms with Crippen molar-refractivity contribution in [3.8, 4) is 0 Å². The lowest BCUT2D eigenvalue weighted by Crippen LogP contribution is -2.22. The van der Waals surface area contributed by atoms with E-state index < -0.39 is 17.1 Å². The Morgan fingerprint density at radius 1 is 1.41 bits per heavy atom. The average molecular weight is 260 g/mol. The second kappa shape index (κ2) is 5.49. The zero-order valence-electron chi connectivity index (χ0n) is 9.61. The Kier molecular flexibility index (Phi) is 4.51. The molecule has 0 unspecified atom stereocenters. The van der Waals surface area contributed by atoms with Gasteiger partial charge in [0, 0.05) is 10.3 Å². The maximum atomic E-state index is 12.4. The first-order valence-corrected chi connectivity index (χ1v) is 5.97. The third-order valence-electron chi connectivity index (χ3n) is 2.43. The fourth-order valence-electron chi connectivity index (χ4n) is 1.70. The molecule has 94 valence electrons. The summed E-state index contributed by atoms with van der Waals surface area (Å²) in [7, 11) is 0. The molecule has 0 bridgehead atoms. The minimum absolute atomic E-state index is 0.0895. The predicted molar refractivity (Wildman–Crippen MR) is 63.6 cm³/mol. The van der Waals surface area contributed by atoms with E-state index >= 15 is 0 Å². The molecule has 0 aliphatic rings. The summed E-state index contributed by atoms with van der Waals surface area (Å²) in [4.78, 5) is 11.2. The number of carboxylic acid groups (broad SMARTS) is 1. The van der Waals surface area contributed by atoms with Gasteiger partial charge in [-0.05, 0) is 11.6 Å². The molecule has 5 heteroatoms. The van der Waals surface area contributed by atoms with Crippen molar-refractivity contribution in [1.82, 2.24) is 0 Å². The molecule has 0 fully saturated rings. The molecule has 1 N–H and O–H groups in total. The summed E-state index contributed by atoms with van der Waals surface area (Å²) >= 11 is 0.453. The topological polar surface area (TPSA) is 37.3 Å². The Hall–Kier alpha value is -1.10. The molecular weight excluding hydrogens is 246 g/mol. The molecular formula is C12H14F2O2S. The first-order valence-electron chi connectivity index (χ1n) is 5.09. The van der Waals surface area contributed by atoms with Crippen LogP contribution in [0, 0.1) is 0 Å². The summed E-state index contributed by atoms with van der Waals surface area (Å²) in [6.07, 6.45) is -0.0895. The molecule has 0 aliphatic heterocycles. The van der Waals surface area contributed by atoms with E-state index in [9.17, 15) is 13.6 Å². The van der Waals surface area contributed by atoms with Gasteiger partial charge in [-0.15, -0.1) is 0 Å². The quantitative estimate of drug-likeness (QED) is 0.819. The highest BCUT2D eigenvalue weighted by atomic mass is 32.2. The summed E-state index contributed by atoms with van der Waals surface area (Å²) in [6, 6.07) is 6.70. The SMILES string of the molecule is CC(C)(CC(=O)O)c1ccccc1SC(F)F.